The Hall–Kier alpha value is -2.25. The van der Waals surface area contributed by atoms with Gasteiger partial charge < -0.3 is 9.66 Å². The zero-order valence-corrected chi connectivity index (χ0v) is 11.0. The minimum Gasteiger partial charge on any atom is -0.772 e. The van der Waals surface area contributed by atoms with E-state index in [1.54, 1.807) is 12.1 Å². The molecule has 0 aliphatic heterocycles. The van der Waals surface area contributed by atoms with Gasteiger partial charge in [0.15, 0.2) is 0 Å². The summed E-state index contributed by atoms with van der Waals surface area (Å²) in [5, 5.41) is 20.3. The van der Waals surface area contributed by atoms with Crippen molar-refractivity contribution in [1.82, 2.24) is 0 Å². The highest BCUT2D eigenvalue weighted by Crippen LogP contribution is 2.31. The highest BCUT2D eigenvalue weighted by molar-refractivity contribution is 7.78. The third-order valence-electron chi connectivity index (χ3n) is 2.72. The number of benzene rings is 2. The number of hydrogen-bond donors (Lipinski definition) is 1. The van der Waals surface area contributed by atoms with Crippen molar-refractivity contribution in [1.29, 1.82) is 0 Å². The van der Waals surface area contributed by atoms with Gasteiger partial charge in [0.2, 0.25) is 0 Å². The molecule has 1 unspecified atom stereocenters. The van der Waals surface area contributed by atoms with Crippen LogP contribution in [0.5, 0.6) is 5.75 Å². The molecule has 0 saturated carbocycles. The van der Waals surface area contributed by atoms with Crippen molar-refractivity contribution in [3.05, 3.63) is 58.1 Å². The minimum absolute atomic E-state index is 0.0646. The SMILES string of the molecule is O=[N+]([O-])c1cc(CS(=O)[O-])ccc1-c1ccc(O)cc1. The largest absolute Gasteiger partial charge is 0.772 e. The minimum atomic E-state index is -2.30. The monoisotopic (exact) mass is 292 g/mol. The number of aromatic hydroxyl groups is 1. The topological polar surface area (TPSA) is 104 Å². The van der Waals surface area contributed by atoms with E-state index < -0.39 is 16.0 Å². The van der Waals surface area contributed by atoms with Crippen molar-refractivity contribution in [3.8, 4) is 16.9 Å². The van der Waals surface area contributed by atoms with Gasteiger partial charge >= 0.3 is 0 Å². The maximum absolute atomic E-state index is 11.1. The summed E-state index contributed by atoms with van der Waals surface area (Å²) in [7, 11) is 0. The van der Waals surface area contributed by atoms with Gasteiger partial charge in [-0.05, 0) is 29.3 Å². The second-order valence-corrected chi connectivity index (χ2v) is 5.00. The molecule has 0 spiro atoms. The van der Waals surface area contributed by atoms with Crippen LogP contribution in [0.2, 0.25) is 0 Å². The Bertz CT molecular complexity index is 669. The van der Waals surface area contributed by atoms with E-state index in [0.29, 0.717) is 16.7 Å². The lowest BCUT2D eigenvalue weighted by atomic mass is 10.0. The number of phenolic OH excluding ortho intramolecular Hbond substituents is 1. The smallest absolute Gasteiger partial charge is 0.277 e. The Morgan fingerprint density at radius 1 is 1.15 bits per heavy atom. The molecule has 0 radical (unpaired) electrons. The molecule has 0 saturated heterocycles. The van der Waals surface area contributed by atoms with Crippen LogP contribution in [0, 0.1) is 10.1 Å². The number of phenols is 1. The third kappa shape index (κ3) is 3.19. The fraction of sp³-hybridized carbons (Fsp3) is 0.0769. The molecule has 0 bridgehead atoms. The van der Waals surface area contributed by atoms with Crippen LogP contribution in [0.4, 0.5) is 5.69 Å². The molecule has 0 fully saturated rings. The second-order valence-electron chi connectivity index (χ2n) is 4.10. The molecule has 2 aromatic carbocycles. The predicted molar refractivity (Wildman–Crippen MR) is 72.8 cm³/mol. The first-order valence-electron chi connectivity index (χ1n) is 5.60. The van der Waals surface area contributed by atoms with Gasteiger partial charge in [0, 0.05) is 11.8 Å². The maximum atomic E-state index is 11.1. The van der Waals surface area contributed by atoms with E-state index in [9.17, 15) is 24.0 Å². The van der Waals surface area contributed by atoms with Crippen molar-refractivity contribution in [2.24, 2.45) is 0 Å². The van der Waals surface area contributed by atoms with Gasteiger partial charge in [-0.15, -0.1) is 0 Å². The Morgan fingerprint density at radius 2 is 1.80 bits per heavy atom. The van der Waals surface area contributed by atoms with Crippen molar-refractivity contribution >= 4 is 16.8 Å². The maximum Gasteiger partial charge on any atom is 0.277 e. The summed E-state index contributed by atoms with van der Waals surface area (Å²) in [5.41, 5.74) is 1.13. The molecule has 0 aliphatic rings. The Kier molecular flexibility index (Phi) is 4.11. The average molecular weight is 292 g/mol. The molecule has 1 atom stereocenters. The molecule has 104 valence electrons. The van der Waals surface area contributed by atoms with Gasteiger partial charge in [0.25, 0.3) is 5.69 Å². The molecule has 2 rings (SSSR count). The first-order valence-corrected chi connectivity index (χ1v) is 6.84. The Balaban J connectivity index is 2.50. The Labute approximate surface area is 117 Å². The molecule has 0 heterocycles. The van der Waals surface area contributed by atoms with Gasteiger partial charge in [0.05, 0.1) is 10.5 Å². The van der Waals surface area contributed by atoms with E-state index in [1.807, 2.05) is 0 Å². The van der Waals surface area contributed by atoms with E-state index in [4.69, 9.17) is 0 Å². The highest BCUT2D eigenvalue weighted by atomic mass is 32.2. The summed E-state index contributed by atoms with van der Waals surface area (Å²) >= 11 is -2.30. The standard InChI is InChI=1S/C13H11NO5S/c15-11-4-2-10(3-5-11)12-6-1-9(8-20(18)19)7-13(12)14(16)17/h1-7,15H,8H2,(H,18,19)/p-1. The van der Waals surface area contributed by atoms with Crippen LogP contribution in [0.3, 0.4) is 0 Å². The summed E-state index contributed by atoms with van der Waals surface area (Å²) < 4.78 is 21.3. The number of rotatable bonds is 4. The van der Waals surface area contributed by atoms with Gasteiger partial charge in [-0.25, -0.2) is 0 Å². The number of nitrogens with zero attached hydrogens (tertiary/aromatic N) is 1. The predicted octanol–water partition coefficient (Wildman–Crippen LogP) is 2.35. The van der Waals surface area contributed by atoms with E-state index in [2.05, 4.69) is 0 Å². The molecule has 0 amide bonds. The van der Waals surface area contributed by atoms with Crippen molar-refractivity contribution in [2.45, 2.75) is 5.75 Å². The lowest BCUT2D eigenvalue weighted by Gasteiger charge is -2.08. The third-order valence-corrected chi connectivity index (χ3v) is 3.29. The fourth-order valence-corrected chi connectivity index (χ4v) is 2.29. The fourth-order valence-electron chi connectivity index (χ4n) is 1.84. The molecular formula is C13H10NO5S-. The highest BCUT2D eigenvalue weighted by Gasteiger charge is 2.16. The van der Waals surface area contributed by atoms with Crippen molar-refractivity contribution in [2.75, 3.05) is 0 Å². The number of hydrogen-bond acceptors (Lipinski definition) is 5. The van der Waals surface area contributed by atoms with Crippen LogP contribution in [-0.2, 0) is 16.8 Å². The van der Waals surface area contributed by atoms with E-state index in [0.717, 1.165) is 0 Å². The van der Waals surface area contributed by atoms with Crippen molar-refractivity contribution in [3.63, 3.8) is 0 Å². The van der Waals surface area contributed by atoms with E-state index >= 15 is 0 Å². The van der Waals surface area contributed by atoms with Crippen LogP contribution in [0.1, 0.15) is 5.56 Å². The van der Waals surface area contributed by atoms with Crippen LogP contribution >= 0.6 is 0 Å². The number of nitro benzene ring substituents is 1. The summed E-state index contributed by atoms with van der Waals surface area (Å²) in [6.45, 7) is 0. The summed E-state index contributed by atoms with van der Waals surface area (Å²) in [6.07, 6.45) is 0. The van der Waals surface area contributed by atoms with Gasteiger partial charge in [0.1, 0.15) is 5.75 Å². The molecule has 0 aromatic heterocycles. The molecular weight excluding hydrogens is 282 g/mol. The first kappa shape index (κ1) is 14.2. The summed E-state index contributed by atoms with van der Waals surface area (Å²) in [5.74, 6) is -0.203. The Morgan fingerprint density at radius 3 is 2.35 bits per heavy atom. The summed E-state index contributed by atoms with van der Waals surface area (Å²) in [4.78, 5) is 10.5. The lowest BCUT2D eigenvalue weighted by molar-refractivity contribution is -0.384. The van der Waals surface area contributed by atoms with Crippen LogP contribution in [0.15, 0.2) is 42.5 Å². The lowest BCUT2D eigenvalue weighted by Crippen LogP contribution is -1.97. The van der Waals surface area contributed by atoms with Crippen molar-refractivity contribution < 1.29 is 18.8 Å². The van der Waals surface area contributed by atoms with Gasteiger partial charge in [-0.3, -0.25) is 14.3 Å². The van der Waals surface area contributed by atoms with E-state index in [1.165, 1.54) is 30.3 Å². The molecule has 0 aliphatic carbocycles. The quantitative estimate of drug-likeness (QED) is 0.529. The van der Waals surface area contributed by atoms with Crippen LogP contribution in [-0.4, -0.2) is 18.8 Å². The molecule has 1 N–H and O–H groups in total. The second kappa shape index (κ2) is 5.81. The molecule has 20 heavy (non-hydrogen) atoms. The molecule has 6 nitrogen and oxygen atoms in total. The first-order chi connectivity index (χ1) is 9.47. The normalized spacial score (nSPS) is 12.1. The average Bonchev–Trinajstić information content (AvgIpc) is 2.39. The van der Waals surface area contributed by atoms with Gasteiger partial charge in [-0.2, -0.15) is 0 Å². The zero-order valence-electron chi connectivity index (χ0n) is 10.2. The van der Waals surface area contributed by atoms with Crippen LogP contribution in [0.25, 0.3) is 11.1 Å². The van der Waals surface area contributed by atoms with Gasteiger partial charge in [-0.1, -0.05) is 29.3 Å². The van der Waals surface area contributed by atoms with E-state index in [-0.39, 0.29) is 17.2 Å². The molecule has 7 heteroatoms. The summed E-state index contributed by atoms with van der Waals surface area (Å²) in [6, 6.07) is 10.3. The molecule has 2 aromatic rings. The zero-order chi connectivity index (χ0) is 14.7. The number of nitro groups is 1. The van der Waals surface area contributed by atoms with Crippen LogP contribution < -0.4 is 0 Å².